The molecule has 0 spiro atoms. The summed E-state index contributed by atoms with van der Waals surface area (Å²) in [5.74, 6) is 2.51. The molecule has 0 fully saturated rings. The van der Waals surface area contributed by atoms with E-state index in [2.05, 4.69) is 16.0 Å². The number of ether oxygens (including phenoxy) is 1. The minimum absolute atomic E-state index is 0.450. The third-order valence-electron chi connectivity index (χ3n) is 2.44. The molecule has 19 heavy (non-hydrogen) atoms. The molecule has 0 amide bonds. The molecular weight excluding hydrogens is 242 g/mol. The molecule has 98 valence electrons. The van der Waals surface area contributed by atoms with Gasteiger partial charge < -0.3 is 4.74 Å². The van der Waals surface area contributed by atoms with Crippen molar-refractivity contribution < 1.29 is 9.53 Å². The molecule has 0 aromatic carbocycles. The van der Waals surface area contributed by atoms with Gasteiger partial charge in [0.15, 0.2) is 5.65 Å². The Bertz CT molecular complexity index is 687. The van der Waals surface area contributed by atoms with Gasteiger partial charge in [-0.05, 0) is 33.8 Å². The molecular formula is C14H15N3O2. The van der Waals surface area contributed by atoms with Crippen LogP contribution < -0.4 is 0 Å². The highest BCUT2D eigenvalue weighted by Gasteiger charge is 2.21. The summed E-state index contributed by atoms with van der Waals surface area (Å²) in [4.78, 5) is 16.2. The molecule has 0 N–H and O–H groups in total. The maximum Gasteiger partial charge on any atom is 0.437 e. The van der Waals surface area contributed by atoms with Crippen LogP contribution in [0.5, 0.6) is 0 Å². The second kappa shape index (κ2) is 4.39. The predicted octanol–water partition coefficient (Wildman–Crippen LogP) is 2.50. The third kappa shape index (κ3) is 2.58. The Morgan fingerprint density at radius 3 is 2.74 bits per heavy atom. The van der Waals surface area contributed by atoms with Crippen molar-refractivity contribution in [3.63, 3.8) is 0 Å². The van der Waals surface area contributed by atoms with Gasteiger partial charge in [-0.3, -0.25) is 0 Å². The first-order valence-corrected chi connectivity index (χ1v) is 5.87. The summed E-state index contributed by atoms with van der Waals surface area (Å²) in [7, 11) is 0. The molecule has 2 heterocycles. The van der Waals surface area contributed by atoms with Crippen molar-refractivity contribution in [1.82, 2.24) is 14.8 Å². The lowest BCUT2D eigenvalue weighted by molar-refractivity contribution is 0.0521. The van der Waals surface area contributed by atoms with Gasteiger partial charge in [-0.15, -0.1) is 11.1 Å². The fourth-order valence-corrected chi connectivity index (χ4v) is 1.66. The van der Waals surface area contributed by atoms with E-state index in [-0.39, 0.29) is 0 Å². The van der Waals surface area contributed by atoms with Gasteiger partial charge in [0.05, 0.1) is 5.69 Å². The van der Waals surface area contributed by atoms with Crippen LogP contribution in [0.1, 0.15) is 32.0 Å². The van der Waals surface area contributed by atoms with Crippen LogP contribution in [0.15, 0.2) is 12.3 Å². The van der Waals surface area contributed by atoms with E-state index in [0.29, 0.717) is 16.9 Å². The van der Waals surface area contributed by atoms with Crippen molar-refractivity contribution in [2.45, 2.75) is 33.3 Å². The quantitative estimate of drug-likeness (QED) is 0.680. The van der Waals surface area contributed by atoms with E-state index >= 15 is 0 Å². The summed E-state index contributed by atoms with van der Waals surface area (Å²) < 4.78 is 6.45. The summed E-state index contributed by atoms with van der Waals surface area (Å²) in [5.41, 5.74) is 1.21. The fraction of sp³-hybridized carbons (Fsp3) is 0.357. The van der Waals surface area contributed by atoms with Crippen LogP contribution in [-0.2, 0) is 4.74 Å². The van der Waals surface area contributed by atoms with E-state index in [1.165, 1.54) is 6.20 Å². The molecule has 2 rings (SSSR count). The molecule has 2 aromatic heterocycles. The van der Waals surface area contributed by atoms with E-state index in [9.17, 15) is 4.79 Å². The highest BCUT2D eigenvalue weighted by Crippen LogP contribution is 2.18. The summed E-state index contributed by atoms with van der Waals surface area (Å²) in [6, 6.07) is 1.78. The lowest BCUT2D eigenvalue weighted by Crippen LogP contribution is -2.27. The Kier molecular flexibility index (Phi) is 3.03. The molecule has 0 saturated carbocycles. The summed E-state index contributed by atoms with van der Waals surface area (Å²) >= 11 is 0. The Hall–Kier alpha value is -2.35. The molecule has 0 aliphatic rings. The molecule has 2 aromatic rings. The second-order valence-corrected chi connectivity index (χ2v) is 5.22. The monoisotopic (exact) mass is 257 g/mol. The number of terminal acetylenes is 1. The number of nitrogens with zero attached hydrogens (tertiary/aromatic N) is 3. The number of fused-ring (bicyclic) bond motifs is 1. The van der Waals surface area contributed by atoms with Crippen molar-refractivity contribution in [3.8, 4) is 12.3 Å². The maximum atomic E-state index is 12.0. The van der Waals surface area contributed by atoms with E-state index in [0.717, 1.165) is 10.1 Å². The third-order valence-corrected chi connectivity index (χ3v) is 2.44. The molecule has 0 atom stereocenters. The highest BCUT2D eigenvalue weighted by atomic mass is 16.6. The normalized spacial score (nSPS) is 11.3. The van der Waals surface area contributed by atoms with Crippen LogP contribution in [0.3, 0.4) is 0 Å². The number of rotatable bonds is 0. The van der Waals surface area contributed by atoms with Crippen LogP contribution >= 0.6 is 0 Å². The zero-order valence-electron chi connectivity index (χ0n) is 11.4. The lowest BCUT2D eigenvalue weighted by Gasteiger charge is -2.18. The number of pyridine rings is 1. The smallest absolute Gasteiger partial charge is 0.437 e. The standard InChI is InChI=1S/C14H15N3O2/c1-6-10-7-11-9(2)16-17(12(11)15-8-10)13(18)19-14(3,4)5/h1,7-8H,2-5H3. The first kappa shape index (κ1) is 13.1. The summed E-state index contributed by atoms with van der Waals surface area (Å²) in [6.07, 6.45) is 6.31. The van der Waals surface area contributed by atoms with Crippen LogP contribution in [0.2, 0.25) is 0 Å². The van der Waals surface area contributed by atoms with Crippen molar-refractivity contribution in [2.24, 2.45) is 0 Å². The summed E-state index contributed by atoms with van der Waals surface area (Å²) in [6.45, 7) is 7.19. The average molecular weight is 257 g/mol. The van der Waals surface area contributed by atoms with Gasteiger partial charge in [0.1, 0.15) is 5.60 Å². The van der Waals surface area contributed by atoms with Crippen molar-refractivity contribution >= 4 is 17.1 Å². The number of hydrogen-bond acceptors (Lipinski definition) is 4. The maximum absolute atomic E-state index is 12.0. The van der Waals surface area contributed by atoms with Crippen LogP contribution in [0.25, 0.3) is 11.0 Å². The second-order valence-electron chi connectivity index (χ2n) is 5.22. The minimum Gasteiger partial charge on any atom is -0.442 e. The van der Waals surface area contributed by atoms with Crippen molar-refractivity contribution in [3.05, 3.63) is 23.5 Å². The topological polar surface area (TPSA) is 57.0 Å². The molecule has 0 bridgehead atoms. The Labute approximate surface area is 111 Å². The van der Waals surface area contributed by atoms with Crippen LogP contribution in [-0.4, -0.2) is 26.5 Å². The van der Waals surface area contributed by atoms with Gasteiger partial charge in [-0.1, -0.05) is 5.92 Å². The number of hydrogen-bond donors (Lipinski definition) is 0. The van der Waals surface area contributed by atoms with Crippen molar-refractivity contribution in [2.75, 3.05) is 0 Å². The fourth-order valence-electron chi connectivity index (χ4n) is 1.66. The SMILES string of the molecule is C#Cc1cnc2c(c1)c(C)nn2C(=O)OC(C)(C)C. The first-order valence-electron chi connectivity index (χ1n) is 5.87. The van der Waals surface area contributed by atoms with Gasteiger partial charge in [0, 0.05) is 17.1 Å². The molecule has 0 aliphatic carbocycles. The molecule has 0 radical (unpaired) electrons. The Morgan fingerprint density at radius 1 is 1.47 bits per heavy atom. The number of aromatic nitrogens is 3. The largest absolute Gasteiger partial charge is 0.442 e. The molecule has 0 saturated heterocycles. The molecule has 0 aliphatic heterocycles. The Morgan fingerprint density at radius 2 is 2.16 bits per heavy atom. The number of carbonyl (C=O) groups is 1. The van der Waals surface area contributed by atoms with E-state index in [4.69, 9.17) is 11.2 Å². The summed E-state index contributed by atoms with van der Waals surface area (Å²) in [5, 5.41) is 4.91. The van der Waals surface area contributed by atoms with Gasteiger partial charge in [-0.2, -0.15) is 5.10 Å². The molecule has 0 unspecified atom stereocenters. The first-order chi connectivity index (χ1) is 8.81. The highest BCUT2D eigenvalue weighted by molar-refractivity contribution is 5.87. The number of carbonyl (C=O) groups excluding carboxylic acids is 1. The van der Waals surface area contributed by atoms with Crippen molar-refractivity contribution in [1.29, 1.82) is 0 Å². The minimum atomic E-state index is -0.581. The van der Waals surface area contributed by atoms with Gasteiger partial charge >= 0.3 is 6.09 Å². The lowest BCUT2D eigenvalue weighted by atomic mass is 10.2. The zero-order valence-corrected chi connectivity index (χ0v) is 11.4. The average Bonchev–Trinajstić information content (AvgIpc) is 2.64. The predicted molar refractivity (Wildman–Crippen MR) is 71.8 cm³/mol. The van der Waals surface area contributed by atoms with Gasteiger partial charge in [-0.25, -0.2) is 9.78 Å². The van der Waals surface area contributed by atoms with Gasteiger partial charge in [0.25, 0.3) is 0 Å². The van der Waals surface area contributed by atoms with Crippen LogP contribution in [0.4, 0.5) is 4.79 Å². The van der Waals surface area contributed by atoms with E-state index in [1.54, 1.807) is 33.8 Å². The molecule has 5 nitrogen and oxygen atoms in total. The van der Waals surface area contributed by atoms with E-state index < -0.39 is 11.7 Å². The molecule has 5 heteroatoms. The van der Waals surface area contributed by atoms with E-state index in [1.807, 2.05) is 0 Å². The van der Waals surface area contributed by atoms with Crippen LogP contribution in [0, 0.1) is 19.3 Å². The number of aryl methyl sites for hydroxylation is 1. The van der Waals surface area contributed by atoms with Gasteiger partial charge in [0.2, 0.25) is 0 Å². The Balaban J connectivity index is 2.52. The zero-order chi connectivity index (χ0) is 14.2.